The van der Waals surface area contributed by atoms with Gasteiger partial charge in [-0.1, -0.05) is 0 Å². The van der Waals surface area contributed by atoms with Crippen molar-refractivity contribution in [2.75, 3.05) is 19.6 Å². The van der Waals surface area contributed by atoms with E-state index in [0.717, 1.165) is 4.90 Å². The average Bonchev–Trinajstić information content (AvgIpc) is 2.10. The highest BCUT2D eigenvalue weighted by atomic mass is 19.3. The molecule has 0 aliphatic carbocycles. The Labute approximate surface area is 104 Å². The molecule has 0 aromatic rings. The summed E-state index contributed by atoms with van der Waals surface area (Å²) in [5.74, 6) is -3.21. The molecule has 1 saturated heterocycles. The van der Waals surface area contributed by atoms with E-state index >= 15 is 0 Å². The first-order chi connectivity index (χ1) is 8.09. The van der Waals surface area contributed by atoms with Gasteiger partial charge in [0.05, 0.1) is 19.5 Å². The van der Waals surface area contributed by atoms with Crippen LogP contribution in [0.25, 0.3) is 0 Å². The maximum Gasteiger partial charge on any atom is 0.317 e. The summed E-state index contributed by atoms with van der Waals surface area (Å²) in [6.07, 6.45) is 0.0211. The first kappa shape index (κ1) is 14.7. The van der Waals surface area contributed by atoms with Crippen molar-refractivity contribution in [3.05, 3.63) is 0 Å². The summed E-state index contributed by atoms with van der Waals surface area (Å²) >= 11 is 0. The predicted molar refractivity (Wildman–Crippen MR) is 60.4 cm³/mol. The standard InChI is InChI=1S/C11H18F2N2O3/c1-10(2,3)18-8(16)4-5-14-9(17)15-6-11(12,13)7-15/h4-7H2,1-3H3,(H,14,17). The van der Waals surface area contributed by atoms with Crippen molar-refractivity contribution < 1.29 is 23.1 Å². The molecular formula is C11H18F2N2O3. The fourth-order valence-corrected chi connectivity index (χ4v) is 1.43. The minimum Gasteiger partial charge on any atom is -0.460 e. The zero-order valence-corrected chi connectivity index (χ0v) is 10.8. The van der Waals surface area contributed by atoms with Gasteiger partial charge in [-0.3, -0.25) is 4.79 Å². The summed E-state index contributed by atoms with van der Waals surface area (Å²) < 4.78 is 30.0. The number of carbonyl (C=O) groups is 2. The van der Waals surface area contributed by atoms with Crippen molar-refractivity contribution in [1.82, 2.24) is 10.2 Å². The van der Waals surface area contributed by atoms with Crippen LogP contribution in [0.2, 0.25) is 0 Å². The van der Waals surface area contributed by atoms with Gasteiger partial charge in [-0.2, -0.15) is 0 Å². The van der Waals surface area contributed by atoms with Crippen LogP contribution in [0.1, 0.15) is 27.2 Å². The number of urea groups is 1. The van der Waals surface area contributed by atoms with Gasteiger partial charge in [0.1, 0.15) is 5.60 Å². The van der Waals surface area contributed by atoms with Crippen LogP contribution in [0.3, 0.4) is 0 Å². The number of carbonyl (C=O) groups excluding carboxylic acids is 2. The molecule has 1 aliphatic rings. The second-order valence-electron chi connectivity index (χ2n) is 5.28. The molecule has 18 heavy (non-hydrogen) atoms. The number of amides is 2. The largest absolute Gasteiger partial charge is 0.460 e. The third-order valence-electron chi connectivity index (χ3n) is 2.16. The highest BCUT2D eigenvalue weighted by molar-refractivity contribution is 5.76. The molecule has 0 saturated carbocycles. The molecule has 0 radical (unpaired) electrons. The van der Waals surface area contributed by atoms with Gasteiger partial charge in [-0.05, 0) is 20.8 Å². The third kappa shape index (κ3) is 4.85. The number of halogens is 2. The minimum absolute atomic E-state index is 0.0211. The summed E-state index contributed by atoms with van der Waals surface area (Å²) in [5, 5.41) is 2.39. The molecule has 0 aromatic heterocycles. The zero-order valence-electron chi connectivity index (χ0n) is 10.8. The van der Waals surface area contributed by atoms with Gasteiger partial charge in [0.15, 0.2) is 0 Å². The van der Waals surface area contributed by atoms with E-state index in [4.69, 9.17) is 4.74 Å². The molecule has 1 N–H and O–H groups in total. The van der Waals surface area contributed by atoms with Crippen LogP contribution >= 0.6 is 0 Å². The summed E-state index contributed by atoms with van der Waals surface area (Å²) in [4.78, 5) is 23.6. The fourth-order valence-electron chi connectivity index (χ4n) is 1.43. The van der Waals surface area contributed by atoms with Crippen LogP contribution in [0.4, 0.5) is 13.6 Å². The lowest BCUT2D eigenvalue weighted by Gasteiger charge is -2.38. The van der Waals surface area contributed by atoms with E-state index in [-0.39, 0.29) is 13.0 Å². The topological polar surface area (TPSA) is 58.6 Å². The Bertz CT molecular complexity index is 332. The van der Waals surface area contributed by atoms with Crippen molar-refractivity contribution in [2.45, 2.75) is 38.7 Å². The van der Waals surface area contributed by atoms with Crippen LogP contribution < -0.4 is 5.32 Å². The van der Waals surface area contributed by atoms with Crippen LogP contribution in [0.5, 0.6) is 0 Å². The lowest BCUT2D eigenvalue weighted by Crippen LogP contribution is -2.61. The molecule has 1 aliphatic heterocycles. The van der Waals surface area contributed by atoms with E-state index in [1.54, 1.807) is 20.8 Å². The highest BCUT2D eigenvalue weighted by Gasteiger charge is 2.46. The Kier molecular flexibility index (Phi) is 4.13. The second-order valence-corrected chi connectivity index (χ2v) is 5.28. The average molecular weight is 264 g/mol. The molecule has 0 unspecified atom stereocenters. The van der Waals surface area contributed by atoms with Gasteiger partial charge >= 0.3 is 12.0 Å². The normalized spacial score (nSPS) is 17.9. The number of likely N-dealkylation sites (tertiary alicyclic amines) is 1. The molecule has 2 amide bonds. The summed E-state index contributed by atoms with van der Waals surface area (Å²) in [6, 6.07) is -0.579. The Balaban J connectivity index is 2.15. The Morgan fingerprint density at radius 2 is 1.89 bits per heavy atom. The van der Waals surface area contributed by atoms with Crippen LogP contribution in [-0.4, -0.2) is 48.1 Å². The SMILES string of the molecule is CC(C)(C)OC(=O)CCNC(=O)N1CC(F)(F)C1. The Morgan fingerprint density at radius 3 is 2.33 bits per heavy atom. The van der Waals surface area contributed by atoms with E-state index in [1.165, 1.54) is 0 Å². The number of alkyl halides is 2. The quantitative estimate of drug-likeness (QED) is 0.783. The number of nitrogens with one attached hydrogen (secondary N) is 1. The molecule has 7 heteroatoms. The maximum atomic E-state index is 12.5. The lowest BCUT2D eigenvalue weighted by atomic mass is 10.2. The molecule has 1 rings (SSSR count). The predicted octanol–water partition coefficient (Wildman–Crippen LogP) is 1.38. The summed E-state index contributed by atoms with van der Waals surface area (Å²) in [5.41, 5.74) is -0.569. The molecular weight excluding hydrogens is 246 g/mol. The lowest BCUT2D eigenvalue weighted by molar-refractivity contribution is -0.154. The van der Waals surface area contributed by atoms with Crippen molar-refractivity contribution in [3.8, 4) is 0 Å². The summed E-state index contributed by atoms with van der Waals surface area (Å²) in [7, 11) is 0. The van der Waals surface area contributed by atoms with Gasteiger partial charge in [-0.15, -0.1) is 0 Å². The number of esters is 1. The molecule has 5 nitrogen and oxygen atoms in total. The van der Waals surface area contributed by atoms with Crippen molar-refractivity contribution >= 4 is 12.0 Å². The van der Waals surface area contributed by atoms with Crippen LogP contribution in [0.15, 0.2) is 0 Å². The highest BCUT2D eigenvalue weighted by Crippen LogP contribution is 2.26. The Morgan fingerprint density at radius 1 is 1.33 bits per heavy atom. The first-order valence-corrected chi connectivity index (χ1v) is 5.71. The van der Waals surface area contributed by atoms with E-state index in [1.807, 2.05) is 0 Å². The monoisotopic (exact) mass is 264 g/mol. The zero-order chi connectivity index (χ0) is 14.0. The van der Waals surface area contributed by atoms with Gasteiger partial charge in [0.2, 0.25) is 0 Å². The van der Waals surface area contributed by atoms with Gasteiger partial charge in [0, 0.05) is 6.54 Å². The Hall–Kier alpha value is -1.40. The molecule has 1 fully saturated rings. The molecule has 0 spiro atoms. The van der Waals surface area contributed by atoms with Crippen molar-refractivity contribution in [1.29, 1.82) is 0 Å². The number of hydrogen-bond acceptors (Lipinski definition) is 3. The first-order valence-electron chi connectivity index (χ1n) is 5.71. The van der Waals surface area contributed by atoms with Crippen molar-refractivity contribution in [3.63, 3.8) is 0 Å². The molecule has 0 bridgehead atoms. The summed E-state index contributed by atoms with van der Waals surface area (Å²) in [6.45, 7) is 4.18. The van der Waals surface area contributed by atoms with E-state index < -0.39 is 36.6 Å². The molecule has 104 valence electrons. The van der Waals surface area contributed by atoms with Crippen molar-refractivity contribution in [2.24, 2.45) is 0 Å². The molecule has 0 atom stereocenters. The number of ether oxygens (including phenoxy) is 1. The maximum absolute atomic E-state index is 12.5. The number of rotatable bonds is 3. The van der Waals surface area contributed by atoms with Gasteiger partial charge in [0.25, 0.3) is 5.92 Å². The number of nitrogens with zero attached hydrogens (tertiary/aromatic N) is 1. The van der Waals surface area contributed by atoms with Gasteiger partial charge < -0.3 is 15.0 Å². The molecule has 0 aromatic carbocycles. The van der Waals surface area contributed by atoms with Crippen LogP contribution in [-0.2, 0) is 9.53 Å². The van der Waals surface area contributed by atoms with E-state index in [9.17, 15) is 18.4 Å². The fraction of sp³-hybridized carbons (Fsp3) is 0.818. The van der Waals surface area contributed by atoms with E-state index in [2.05, 4.69) is 5.32 Å². The van der Waals surface area contributed by atoms with E-state index in [0.29, 0.717) is 0 Å². The van der Waals surface area contributed by atoms with Crippen LogP contribution in [0, 0.1) is 0 Å². The van der Waals surface area contributed by atoms with Gasteiger partial charge in [-0.25, -0.2) is 13.6 Å². The smallest absolute Gasteiger partial charge is 0.317 e. The third-order valence-corrected chi connectivity index (χ3v) is 2.16. The molecule has 1 heterocycles. The minimum atomic E-state index is -2.78. The number of hydrogen-bond donors (Lipinski definition) is 1. The second kappa shape index (κ2) is 5.07.